The highest BCUT2D eigenvalue weighted by Gasteiger charge is 2.43. The molecule has 0 aliphatic carbocycles. The van der Waals surface area contributed by atoms with Crippen molar-refractivity contribution in [2.45, 2.75) is 42.2 Å². The molecule has 2 aromatic rings. The standard InChI is InChI=1S/C21H26O5S/c1-14-19(23)18(12-22)26-21(27-17-6-4-3-5-7-17)20(14)25-13-15-8-10-16(24-2)11-9-15/h3-11,14,18-23H,12-13H2,1-2H3/t14-,18?,19+,20?,21-/m0/s1. The summed E-state index contributed by atoms with van der Waals surface area (Å²) in [5, 5.41) is 20.0. The van der Waals surface area contributed by atoms with Crippen molar-refractivity contribution in [2.24, 2.45) is 5.92 Å². The molecule has 146 valence electrons. The second-order valence-corrected chi connectivity index (χ2v) is 7.80. The van der Waals surface area contributed by atoms with Crippen LogP contribution in [0.25, 0.3) is 0 Å². The Morgan fingerprint density at radius 1 is 1.07 bits per heavy atom. The van der Waals surface area contributed by atoms with E-state index in [-0.39, 0.29) is 24.1 Å². The monoisotopic (exact) mass is 390 g/mol. The maximum atomic E-state index is 10.5. The van der Waals surface area contributed by atoms with Crippen molar-refractivity contribution >= 4 is 11.8 Å². The molecule has 5 atom stereocenters. The third-order valence-electron chi connectivity index (χ3n) is 4.79. The second kappa shape index (κ2) is 9.57. The van der Waals surface area contributed by atoms with Gasteiger partial charge in [0.2, 0.25) is 0 Å². The van der Waals surface area contributed by atoms with Crippen LogP contribution in [0.2, 0.25) is 0 Å². The number of hydrogen-bond acceptors (Lipinski definition) is 6. The maximum Gasteiger partial charge on any atom is 0.134 e. The molecule has 2 aromatic carbocycles. The predicted octanol–water partition coefficient (Wildman–Crippen LogP) is 3.09. The molecule has 5 nitrogen and oxygen atoms in total. The van der Waals surface area contributed by atoms with Crippen molar-refractivity contribution < 1.29 is 24.4 Å². The summed E-state index contributed by atoms with van der Waals surface area (Å²) in [7, 11) is 1.64. The Hall–Kier alpha value is -1.57. The van der Waals surface area contributed by atoms with Gasteiger partial charge in [0.15, 0.2) is 0 Å². The highest BCUT2D eigenvalue weighted by atomic mass is 32.2. The van der Waals surface area contributed by atoms with Crippen LogP contribution in [0, 0.1) is 5.92 Å². The minimum atomic E-state index is -0.775. The number of aliphatic hydroxyl groups is 2. The molecule has 1 heterocycles. The zero-order chi connectivity index (χ0) is 19.2. The van der Waals surface area contributed by atoms with E-state index in [2.05, 4.69) is 0 Å². The highest BCUT2D eigenvalue weighted by molar-refractivity contribution is 7.99. The molecular weight excluding hydrogens is 364 g/mol. The van der Waals surface area contributed by atoms with Crippen molar-refractivity contribution in [3.63, 3.8) is 0 Å². The first-order valence-corrected chi connectivity index (χ1v) is 9.91. The maximum absolute atomic E-state index is 10.5. The topological polar surface area (TPSA) is 68.2 Å². The molecule has 0 bridgehead atoms. The first kappa shape index (κ1) is 20.2. The Morgan fingerprint density at radius 2 is 1.78 bits per heavy atom. The number of hydrogen-bond donors (Lipinski definition) is 2. The van der Waals surface area contributed by atoms with Gasteiger partial charge in [-0.3, -0.25) is 0 Å². The summed E-state index contributed by atoms with van der Waals surface area (Å²) in [6, 6.07) is 17.6. The summed E-state index contributed by atoms with van der Waals surface area (Å²) in [5.74, 6) is 0.627. The molecule has 27 heavy (non-hydrogen) atoms. The summed E-state index contributed by atoms with van der Waals surface area (Å²) >= 11 is 1.55. The Kier molecular flexibility index (Phi) is 7.15. The molecule has 0 radical (unpaired) electrons. The van der Waals surface area contributed by atoms with Crippen LogP contribution >= 0.6 is 11.8 Å². The SMILES string of the molecule is COc1ccc(COC2[C@@H](C)[C@@H](O)C(CO)O[C@H]2Sc2ccccc2)cc1. The molecule has 1 saturated heterocycles. The predicted molar refractivity (Wildman–Crippen MR) is 105 cm³/mol. The second-order valence-electron chi connectivity index (χ2n) is 6.63. The van der Waals surface area contributed by atoms with Gasteiger partial charge in [-0.25, -0.2) is 0 Å². The molecular formula is C21H26O5S. The molecule has 3 rings (SSSR count). The number of benzene rings is 2. The van der Waals surface area contributed by atoms with Crippen molar-refractivity contribution in [1.82, 2.24) is 0 Å². The third kappa shape index (κ3) is 5.03. The normalized spacial score (nSPS) is 28.1. The molecule has 1 aliphatic heterocycles. The number of methoxy groups -OCH3 is 1. The van der Waals surface area contributed by atoms with Gasteiger partial charge in [0, 0.05) is 10.8 Å². The number of aliphatic hydroxyl groups excluding tert-OH is 2. The lowest BCUT2D eigenvalue weighted by atomic mass is 9.91. The lowest BCUT2D eigenvalue weighted by molar-refractivity contribution is -0.195. The molecule has 6 heteroatoms. The van der Waals surface area contributed by atoms with Crippen LogP contribution in [0.3, 0.4) is 0 Å². The van der Waals surface area contributed by atoms with Crippen LogP contribution in [-0.2, 0) is 16.1 Å². The number of thioether (sulfide) groups is 1. The zero-order valence-corrected chi connectivity index (χ0v) is 16.3. The van der Waals surface area contributed by atoms with Crippen molar-refractivity contribution in [3.8, 4) is 5.75 Å². The molecule has 1 aliphatic rings. The van der Waals surface area contributed by atoms with Crippen LogP contribution in [0.4, 0.5) is 0 Å². The van der Waals surface area contributed by atoms with Crippen LogP contribution in [-0.4, -0.2) is 47.7 Å². The average Bonchev–Trinajstić information content (AvgIpc) is 2.71. The minimum absolute atomic E-state index is 0.171. The van der Waals surface area contributed by atoms with Crippen LogP contribution < -0.4 is 4.74 Å². The first-order chi connectivity index (χ1) is 13.1. The van der Waals surface area contributed by atoms with Gasteiger partial charge >= 0.3 is 0 Å². The summed E-state index contributed by atoms with van der Waals surface area (Å²) in [6.07, 6.45) is -1.69. The quantitative estimate of drug-likeness (QED) is 0.757. The fourth-order valence-corrected chi connectivity index (χ4v) is 4.38. The molecule has 0 aromatic heterocycles. The molecule has 0 spiro atoms. The minimum Gasteiger partial charge on any atom is -0.497 e. The Labute approximate surface area is 164 Å². The zero-order valence-electron chi connectivity index (χ0n) is 15.5. The van der Waals surface area contributed by atoms with Gasteiger partial charge in [-0.1, -0.05) is 49.0 Å². The van der Waals surface area contributed by atoms with Gasteiger partial charge in [0.1, 0.15) is 17.3 Å². The van der Waals surface area contributed by atoms with Crippen LogP contribution in [0.5, 0.6) is 5.75 Å². The fraction of sp³-hybridized carbons (Fsp3) is 0.429. The smallest absolute Gasteiger partial charge is 0.134 e. The number of rotatable bonds is 7. The van der Waals surface area contributed by atoms with E-state index in [9.17, 15) is 10.2 Å². The van der Waals surface area contributed by atoms with E-state index in [1.807, 2.05) is 61.5 Å². The van der Waals surface area contributed by atoms with Gasteiger partial charge in [-0.15, -0.1) is 0 Å². The number of ether oxygens (including phenoxy) is 3. The van der Waals surface area contributed by atoms with Gasteiger partial charge < -0.3 is 24.4 Å². The summed E-state index contributed by atoms with van der Waals surface area (Å²) in [6.45, 7) is 2.13. The van der Waals surface area contributed by atoms with Crippen LogP contribution in [0.15, 0.2) is 59.5 Å². The van der Waals surface area contributed by atoms with Crippen molar-refractivity contribution in [2.75, 3.05) is 13.7 Å². The van der Waals surface area contributed by atoms with E-state index in [0.29, 0.717) is 6.61 Å². The lowest BCUT2D eigenvalue weighted by Crippen LogP contribution is -2.54. The molecule has 2 unspecified atom stereocenters. The van der Waals surface area contributed by atoms with Crippen molar-refractivity contribution in [1.29, 1.82) is 0 Å². The van der Waals surface area contributed by atoms with Crippen LogP contribution in [0.1, 0.15) is 12.5 Å². The Morgan fingerprint density at radius 3 is 2.41 bits per heavy atom. The summed E-state index contributed by atoms with van der Waals surface area (Å²) in [4.78, 5) is 1.06. The Bertz CT molecular complexity index is 693. The molecule has 0 saturated carbocycles. The van der Waals surface area contributed by atoms with Gasteiger partial charge in [0.25, 0.3) is 0 Å². The summed E-state index contributed by atoms with van der Waals surface area (Å²) in [5.41, 5.74) is 0.700. The highest BCUT2D eigenvalue weighted by Crippen LogP contribution is 2.37. The van der Waals surface area contributed by atoms with E-state index in [1.165, 1.54) is 0 Å². The van der Waals surface area contributed by atoms with Gasteiger partial charge in [-0.05, 0) is 29.8 Å². The van der Waals surface area contributed by atoms with E-state index in [1.54, 1.807) is 18.9 Å². The summed E-state index contributed by atoms with van der Waals surface area (Å²) < 4.78 is 17.3. The van der Waals surface area contributed by atoms with Crippen molar-refractivity contribution in [3.05, 3.63) is 60.2 Å². The molecule has 0 amide bonds. The lowest BCUT2D eigenvalue weighted by Gasteiger charge is -2.42. The van der Waals surface area contributed by atoms with E-state index < -0.39 is 12.2 Å². The van der Waals surface area contributed by atoms with Gasteiger partial charge in [-0.2, -0.15) is 0 Å². The van der Waals surface area contributed by atoms with E-state index >= 15 is 0 Å². The third-order valence-corrected chi connectivity index (χ3v) is 5.95. The van der Waals surface area contributed by atoms with E-state index in [0.717, 1.165) is 16.2 Å². The average molecular weight is 391 g/mol. The van der Waals surface area contributed by atoms with Gasteiger partial charge in [0.05, 0.1) is 32.5 Å². The van der Waals surface area contributed by atoms with E-state index in [4.69, 9.17) is 14.2 Å². The molecule has 2 N–H and O–H groups in total. The Balaban J connectivity index is 1.72. The largest absolute Gasteiger partial charge is 0.497 e. The fourth-order valence-electron chi connectivity index (χ4n) is 3.13. The first-order valence-electron chi connectivity index (χ1n) is 9.03. The molecule has 1 fully saturated rings.